The summed E-state index contributed by atoms with van der Waals surface area (Å²) in [5, 5.41) is 3.10. The topological polar surface area (TPSA) is 71.4 Å². The van der Waals surface area contributed by atoms with Crippen LogP contribution in [-0.4, -0.2) is 22.4 Å². The predicted molar refractivity (Wildman–Crippen MR) is 128 cm³/mol. The van der Waals surface area contributed by atoms with E-state index in [1.165, 1.54) is 6.08 Å². The van der Waals surface area contributed by atoms with Gasteiger partial charge in [0.1, 0.15) is 5.57 Å². The fourth-order valence-electron chi connectivity index (χ4n) is 3.62. The number of aryl methyl sites for hydroxylation is 1. The first-order valence-electron chi connectivity index (χ1n) is 9.49. The highest BCUT2D eigenvalue weighted by Gasteiger charge is 2.37. The standard InChI is InChI=1S/C23H16BrCl2N3O3/c1-12-8-14(13(2)28(12)17-6-7-19(25)20(26)11-17)9-18-21(30)27-23(32)29(22(18)31)16-5-3-4-15(24)10-16/h3-11H,1-2H3,(H,27,30,32)/b18-9-. The maximum atomic E-state index is 13.1. The molecule has 1 aliphatic rings. The van der Waals surface area contributed by atoms with Crippen LogP contribution in [-0.2, 0) is 9.59 Å². The van der Waals surface area contributed by atoms with Gasteiger partial charge in [0, 0.05) is 21.5 Å². The van der Waals surface area contributed by atoms with Crippen LogP contribution < -0.4 is 10.2 Å². The number of urea groups is 1. The number of anilines is 1. The van der Waals surface area contributed by atoms with Gasteiger partial charge in [-0.1, -0.05) is 45.2 Å². The lowest BCUT2D eigenvalue weighted by molar-refractivity contribution is -0.122. The van der Waals surface area contributed by atoms with E-state index in [-0.39, 0.29) is 5.57 Å². The van der Waals surface area contributed by atoms with E-state index in [1.807, 2.05) is 30.5 Å². The van der Waals surface area contributed by atoms with Crippen LogP contribution in [0.5, 0.6) is 0 Å². The zero-order chi connectivity index (χ0) is 23.2. The van der Waals surface area contributed by atoms with Crippen molar-refractivity contribution < 1.29 is 14.4 Å². The van der Waals surface area contributed by atoms with Crippen molar-refractivity contribution in [3.05, 3.63) is 85.6 Å². The number of imide groups is 2. The largest absolute Gasteiger partial charge is 0.335 e. The molecule has 0 spiro atoms. The molecule has 4 amide bonds. The number of carbonyl (C=O) groups excluding carboxylic acids is 3. The number of hydrogen-bond donors (Lipinski definition) is 1. The number of barbiturate groups is 1. The number of benzene rings is 2. The summed E-state index contributed by atoms with van der Waals surface area (Å²) in [5.74, 6) is -1.44. The molecule has 9 heteroatoms. The average Bonchev–Trinajstić information content (AvgIpc) is 3.00. The van der Waals surface area contributed by atoms with Crippen LogP contribution in [0.1, 0.15) is 17.0 Å². The zero-order valence-electron chi connectivity index (χ0n) is 16.9. The minimum absolute atomic E-state index is 0.140. The smallest absolute Gasteiger partial charge is 0.318 e. The Morgan fingerprint density at radius 3 is 2.38 bits per heavy atom. The summed E-state index contributed by atoms with van der Waals surface area (Å²) in [7, 11) is 0. The molecule has 2 aromatic carbocycles. The van der Waals surface area contributed by atoms with E-state index in [0.717, 1.165) is 22.0 Å². The number of aromatic nitrogens is 1. The van der Waals surface area contributed by atoms with Gasteiger partial charge in [-0.15, -0.1) is 0 Å². The molecule has 1 saturated heterocycles. The van der Waals surface area contributed by atoms with Gasteiger partial charge in [-0.2, -0.15) is 0 Å². The number of rotatable bonds is 3. The van der Waals surface area contributed by atoms with E-state index >= 15 is 0 Å². The fourth-order valence-corrected chi connectivity index (χ4v) is 4.30. The SMILES string of the molecule is Cc1cc(/C=C2/C(=O)NC(=O)N(c3cccc(Br)c3)C2=O)c(C)n1-c1ccc(Cl)c(Cl)c1. The average molecular weight is 533 g/mol. The fraction of sp³-hybridized carbons (Fsp3) is 0.0870. The third kappa shape index (κ3) is 3.99. The number of hydrogen-bond acceptors (Lipinski definition) is 3. The summed E-state index contributed by atoms with van der Waals surface area (Å²) in [5.41, 5.74) is 3.33. The first-order chi connectivity index (χ1) is 15.2. The predicted octanol–water partition coefficient (Wildman–Crippen LogP) is 5.83. The van der Waals surface area contributed by atoms with Crippen molar-refractivity contribution in [1.82, 2.24) is 9.88 Å². The van der Waals surface area contributed by atoms with Crippen LogP contribution >= 0.6 is 39.1 Å². The highest BCUT2D eigenvalue weighted by Crippen LogP contribution is 2.29. The highest BCUT2D eigenvalue weighted by atomic mass is 79.9. The number of carbonyl (C=O) groups is 3. The third-order valence-electron chi connectivity index (χ3n) is 5.10. The summed E-state index contributed by atoms with van der Waals surface area (Å²) < 4.78 is 2.64. The van der Waals surface area contributed by atoms with Gasteiger partial charge in [-0.3, -0.25) is 14.9 Å². The van der Waals surface area contributed by atoms with E-state index in [4.69, 9.17) is 23.2 Å². The zero-order valence-corrected chi connectivity index (χ0v) is 20.0. The van der Waals surface area contributed by atoms with Gasteiger partial charge >= 0.3 is 6.03 Å². The van der Waals surface area contributed by atoms with Crippen molar-refractivity contribution in [1.29, 1.82) is 0 Å². The van der Waals surface area contributed by atoms with Gasteiger partial charge in [0.25, 0.3) is 11.8 Å². The van der Waals surface area contributed by atoms with Crippen LogP contribution in [0.2, 0.25) is 10.0 Å². The summed E-state index contributed by atoms with van der Waals surface area (Å²) in [4.78, 5) is 39.0. The molecular formula is C23H16BrCl2N3O3. The number of amides is 4. The maximum absolute atomic E-state index is 13.1. The normalized spacial score (nSPS) is 15.5. The molecule has 3 aromatic rings. The molecule has 0 atom stereocenters. The summed E-state index contributed by atoms with van der Waals surface area (Å²) >= 11 is 15.5. The second kappa shape index (κ2) is 8.58. The van der Waals surface area contributed by atoms with Crippen LogP contribution in [0.25, 0.3) is 11.8 Å². The van der Waals surface area contributed by atoms with Gasteiger partial charge < -0.3 is 4.57 Å². The molecule has 0 unspecified atom stereocenters. The summed E-state index contributed by atoms with van der Waals surface area (Å²) in [6, 6.07) is 13.1. The van der Waals surface area contributed by atoms with Crippen LogP contribution in [0.3, 0.4) is 0 Å². The molecule has 0 aliphatic carbocycles. The Morgan fingerprint density at radius 1 is 0.938 bits per heavy atom. The molecule has 4 rings (SSSR count). The van der Waals surface area contributed by atoms with E-state index in [0.29, 0.717) is 25.8 Å². The van der Waals surface area contributed by atoms with Crippen LogP contribution in [0, 0.1) is 13.8 Å². The summed E-state index contributed by atoms with van der Waals surface area (Å²) in [6.07, 6.45) is 1.49. The molecule has 0 radical (unpaired) electrons. The Morgan fingerprint density at radius 2 is 1.69 bits per heavy atom. The second-order valence-corrected chi connectivity index (χ2v) is 8.93. The highest BCUT2D eigenvalue weighted by molar-refractivity contribution is 9.10. The van der Waals surface area contributed by atoms with Crippen molar-refractivity contribution >= 4 is 68.7 Å². The maximum Gasteiger partial charge on any atom is 0.335 e. The Labute approximate surface area is 202 Å². The van der Waals surface area contributed by atoms with Gasteiger partial charge in [-0.05, 0) is 68.0 Å². The molecule has 6 nitrogen and oxygen atoms in total. The molecule has 2 heterocycles. The van der Waals surface area contributed by atoms with E-state index in [1.54, 1.807) is 36.4 Å². The van der Waals surface area contributed by atoms with Crippen LogP contribution in [0.4, 0.5) is 10.5 Å². The van der Waals surface area contributed by atoms with Gasteiger partial charge in [0.05, 0.1) is 15.7 Å². The Bertz CT molecular complexity index is 1330. The van der Waals surface area contributed by atoms with E-state index in [9.17, 15) is 14.4 Å². The van der Waals surface area contributed by atoms with Gasteiger partial charge in [0.15, 0.2) is 0 Å². The first kappa shape index (κ1) is 22.3. The molecule has 1 fully saturated rings. The molecular weight excluding hydrogens is 517 g/mol. The quantitative estimate of drug-likeness (QED) is 0.341. The Hall–Kier alpha value is -2.87. The molecule has 1 N–H and O–H groups in total. The molecule has 0 saturated carbocycles. The number of nitrogens with one attached hydrogen (secondary N) is 1. The second-order valence-electron chi connectivity index (χ2n) is 7.20. The molecule has 162 valence electrons. The molecule has 0 bridgehead atoms. The van der Waals surface area contributed by atoms with Crippen molar-refractivity contribution in [2.24, 2.45) is 0 Å². The third-order valence-corrected chi connectivity index (χ3v) is 6.33. The Kier molecular flexibility index (Phi) is 5.99. The van der Waals surface area contributed by atoms with Gasteiger partial charge in [0.2, 0.25) is 0 Å². The Balaban J connectivity index is 1.77. The van der Waals surface area contributed by atoms with Crippen LogP contribution in [0.15, 0.2) is 58.6 Å². The lowest BCUT2D eigenvalue weighted by Crippen LogP contribution is -2.54. The number of nitrogens with zero attached hydrogens (tertiary/aromatic N) is 2. The van der Waals surface area contributed by atoms with Crippen molar-refractivity contribution in [2.45, 2.75) is 13.8 Å². The van der Waals surface area contributed by atoms with Crippen molar-refractivity contribution in [3.8, 4) is 5.69 Å². The lowest BCUT2D eigenvalue weighted by Gasteiger charge is -2.26. The molecule has 32 heavy (non-hydrogen) atoms. The first-order valence-corrected chi connectivity index (χ1v) is 11.0. The van der Waals surface area contributed by atoms with Gasteiger partial charge in [-0.25, -0.2) is 9.69 Å². The van der Waals surface area contributed by atoms with Crippen molar-refractivity contribution in [2.75, 3.05) is 4.90 Å². The van der Waals surface area contributed by atoms with E-state index in [2.05, 4.69) is 21.2 Å². The summed E-state index contributed by atoms with van der Waals surface area (Å²) in [6.45, 7) is 3.77. The minimum atomic E-state index is -0.795. The van der Waals surface area contributed by atoms with E-state index < -0.39 is 17.8 Å². The lowest BCUT2D eigenvalue weighted by atomic mass is 10.1. The minimum Gasteiger partial charge on any atom is -0.318 e. The van der Waals surface area contributed by atoms with Crippen molar-refractivity contribution in [3.63, 3.8) is 0 Å². The number of halogens is 3. The monoisotopic (exact) mass is 531 g/mol. The molecule has 1 aromatic heterocycles. The molecule has 1 aliphatic heterocycles.